The summed E-state index contributed by atoms with van der Waals surface area (Å²) in [6, 6.07) is 2.87. The molecule has 1 saturated heterocycles. The van der Waals surface area contributed by atoms with Crippen molar-refractivity contribution in [3.05, 3.63) is 51.8 Å². The van der Waals surface area contributed by atoms with Gasteiger partial charge in [0.25, 0.3) is 5.91 Å². The van der Waals surface area contributed by atoms with Crippen molar-refractivity contribution in [1.29, 1.82) is 0 Å². The van der Waals surface area contributed by atoms with Crippen molar-refractivity contribution in [1.82, 2.24) is 20.0 Å². The monoisotopic (exact) mass is 430 g/mol. The molecule has 0 aliphatic carbocycles. The third-order valence-corrected chi connectivity index (χ3v) is 6.47. The molecule has 2 amide bonds. The van der Waals surface area contributed by atoms with E-state index in [0.29, 0.717) is 56.7 Å². The molecule has 0 unspecified atom stereocenters. The van der Waals surface area contributed by atoms with Crippen LogP contribution < -0.4 is 0 Å². The summed E-state index contributed by atoms with van der Waals surface area (Å²) in [5, 5.41) is 7.15. The molecule has 1 aromatic heterocycles. The summed E-state index contributed by atoms with van der Waals surface area (Å²) in [5.74, 6) is -1.66. The largest absolute Gasteiger partial charge is 0.337 e. The van der Waals surface area contributed by atoms with Crippen LogP contribution in [0.2, 0.25) is 0 Å². The van der Waals surface area contributed by atoms with Gasteiger partial charge in [-0.2, -0.15) is 5.10 Å². The maximum absolute atomic E-state index is 14.2. The Morgan fingerprint density at radius 1 is 1.16 bits per heavy atom. The van der Waals surface area contributed by atoms with E-state index in [1.54, 1.807) is 15.9 Å². The molecule has 0 atom stereocenters. The number of carbonyl (C=O) groups is 2. The highest BCUT2D eigenvalue weighted by molar-refractivity contribution is 5.94. The molecule has 2 aromatic rings. The first-order valence-electron chi connectivity index (χ1n) is 10.9. The van der Waals surface area contributed by atoms with Crippen molar-refractivity contribution < 1.29 is 18.4 Å². The Balaban J connectivity index is 1.44. The van der Waals surface area contributed by atoms with Crippen LogP contribution in [0.4, 0.5) is 8.78 Å². The number of rotatable bonds is 4. The van der Waals surface area contributed by atoms with E-state index in [1.165, 1.54) is 6.07 Å². The lowest BCUT2D eigenvalue weighted by Gasteiger charge is -2.33. The fourth-order valence-corrected chi connectivity index (χ4v) is 4.73. The summed E-state index contributed by atoms with van der Waals surface area (Å²) in [6.45, 7) is 7.45. The number of aromatic amines is 1. The summed E-state index contributed by atoms with van der Waals surface area (Å²) >= 11 is 0. The minimum Gasteiger partial charge on any atom is -0.337 e. The zero-order valence-corrected chi connectivity index (χ0v) is 18.2. The van der Waals surface area contributed by atoms with E-state index < -0.39 is 11.6 Å². The van der Waals surface area contributed by atoms with Gasteiger partial charge in [0.05, 0.1) is 18.8 Å². The van der Waals surface area contributed by atoms with Gasteiger partial charge in [0, 0.05) is 24.6 Å². The number of aromatic nitrogens is 2. The van der Waals surface area contributed by atoms with Crippen LogP contribution in [0.3, 0.4) is 0 Å². The zero-order valence-electron chi connectivity index (χ0n) is 18.2. The van der Waals surface area contributed by atoms with Gasteiger partial charge in [-0.1, -0.05) is 26.8 Å². The maximum Gasteiger partial charge on any atom is 0.274 e. The van der Waals surface area contributed by atoms with Crippen molar-refractivity contribution >= 4 is 11.8 Å². The number of amides is 2. The molecule has 1 aromatic carbocycles. The first-order valence-corrected chi connectivity index (χ1v) is 10.9. The molecule has 8 heteroatoms. The molecular formula is C23H28F2N4O2. The first-order chi connectivity index (χ1) is 14.8. The Hall–Kier alpha value is -2.77. The van der Waals surface area contributed by atoms with Crippen LogP contribution in [-0.2, 0) is 24.3 Å². The minimum absolute atomic E-state index is 0.0575. The van der Waals surface area contributed by atoms with Gasteiger partial charge in [0.15, 0.2) is 17.3 Å². The molecule has 0 spiro atoms. The molecule has 0 radical (unpaired) electrons. The number of benzene rings is 1. The fraction of sp³-hybridized carbons (Fsp3) is 0.522. The van der Waals surface area contributed by atoms with Crippen LogP contribution in [0.15, 0.2) is 12.1 Å². The van der Waals surface area contributed by atoms with Gasteiger partial charge in [-0.05, 0) is 42.4 Å². The van der Waals surface area contributed by atoms with E-state index in [2.05, 4.69) is 10.2 Å². The molecule has 166 valence electrons. The van der Waals surface area contributed by atoms with Gasteiger partial charge in [-0.3, -0.25) is 14.7 Å². The van der Waals surface area contributed by atoms with Crippen LogP contribution >= 0.6 is 0 Å². The van der Waals surface area contributed by atoms with Gasteiger partial charge in [-0.15, -0.1) is 0 Å². The number of halogens is 2. The predicted molar refractivity (Wildman–Crippen MR) is 111 cm³/mol. The topological polar surface area (TPSA) is 69.3 Å². The molecule has 6 nitrogen and oxygen atoms in total. The summed E-state index contributed by atoms with van der Waals surface area (Å²) in [7, 11) is 0. The Labute approximate surface area is 180 Å². The van der Waals surface area contributed by atoms with Crippen LogP contribution in [0, 0.1) is 17.6 Å². The van der Waals surface area contributed by atoms with Gasteiger partial charge in [0.1, 0.15) is 0 Å². The number of likely N-dealkylation sites (tertiary alicyclic amines) is 1. The Morgan fingerprint density at radius 3 is 2.52 bits per heavy atom. The van der Waals surface area contributed by atoms with E-state index in [-0.39, 0.29) is 23.7 Å². The SMILES string of the molecule is CCc1c(C2CCN(C(=O)c3n[nH]c4c3CN(C(=O)C(C)C)C4)CC2)ccc(F)c1F. The van der Waals surface area contributed by atoms with Crippen molar-refractivity contribution in [2.45, 2.75) is 59.0 Å². The number of fused-ring (bicyclic) bond motifs is 1. The highest BCUT2D eigenvalue weighted by atomic mass is 19.2. The lowest BCUT2D eigenvalue weighted by molar-refractivity contribution is -0.135. The lowest BCUT2D eigenvalue weighted by Crippen LogP contribution is -2.39. The summed E-state index contributed by atoms with van der Waals surface area (Å²) in [5.41, 5.74) is 3.29. The van der Waals surface area contributed by atoms with Gasteiger partial charge in [0.2, 0.25) is 5.91 Å². The fourth-order valence-electron chi connectivity index (χ4n) is 4.73. The molecule has 2 aliphatic rings. The van der Waals surface area contributed by atoms with Crippen molar-refractivity contribution in [2.24, 2.45) is 5.92 Å². The third-order valence-electron chi connectivity index (χ3n) is 6.47. The second-order valence-electron chi connectivity index (χ2n) is 8.73. The Bertz CT molecular complexity index is 1010. The molecule has 31 heavy (non-hydrogen) atoms. The average Bonchev–Trinajstić information content (AvgIpc) is 3.35. The number of carbonyl (C=O) groups excluding carboxylic acids is 2. The molecule has 4 rings (SSSR count). The smallest absolute Gasteiger partial charge is 0.274 e. The normalized spacial score (nSPS) is 16.8. The lowest BCUT2D eigenvalue weighted by atomic mass is 9.85. The molecule has 3 heterocycles. The van der Waals surface area contributed by atoms with E-state index in [0.717, 1.165) is 16.8 Å². The maximum atomic E-state index is 14.2. The summed E-state index contributed by atoms with van der Waals surface area (Å²) in [6.07, 6.45) is 1.81. The van der Waals surface area contributed by atoms with E-state index in [1.807, 2.05) is 20.8 Å². The zero-order chi connectivity index (χ0) is 22.3. The van der Waals surface area contributed by atoms with E-state index in [9.17, 15) is 18.4 Å². The van der Waals surface area contributed by atoms with Gasteiger partial charge >= 0.3 is 0 Å². The number of hydrogen-bond donors (Lipinski definition) is 1. The van der Waals surface area contributed by atoms with Crippen LogP contribution in [-0.4, -0.2) is 44.9 Å². The standard InChI is InChI=1S/C23H28F2N4O2/c1-4-15-16(5-6-18(24)20(15)25)14-7-9-28(10-8-14)23(31)21-17-11-29(22(30)13(2)3)12-19(17)26-27-21/h5-6,13-14H,4,7-12H2,1-3H3,(H,26,27). The molecule has 0 bridgehead atoms. The number of hydrogen-bond acceptors (Lipinski definition) is 3. The van der Waals surface area contributed by atoms with E-state index in [4.69, 9.17) is 0 Å². The highest BCUT2D eigenvalue weighted by Gasteiger charge is 2.34. The van der Waals surface area contributed by atoms with Crippen molar-refractivity contribution in [3.8, 4) is 0 Å². The molecule has 2 aliphatic heterocycles. The van der Waals surface area contributed by atoms with Crippen molar-refractivity contribution in [2.75, 3.05) is 13.1 Å². The second-order valence-corrected chi connectivity index (χ2v) is 8.73. The van der Waals surface area contributed by atoms with Crippen molar-refractivity contribution in [3.63, 3.8) is 0 Å². The second kappa shape index (κ2) is 8.40. The van der Waals surface area contributed by atoms with Crippen LogP contribution in [0.25, 0.3) is 0 Å². The third kappa shape index (κ3) is 3.83. The predicted octanol–water partition coefficient (Wildman–Crippen LogP) is 3.77. The first kappa shape index (κ1) is 21.5. The van der Waals surface area contributed by atoms with Crippen LogP contribution in [0.1, 0.15) is 72.4 Å². The molecule has 1 fully saturated rings. The van der Waals surface area contributed by atoms with Gasteiger partial charge < -0.3 is 9.80 Å². The summed E-state index contributed by atoms with van der Waals surface area (Å²) in [4.78, 5) is 28.9. The highest BCUT2D eigenvalue weighted by Crippen LogP contribution is 2.34. The summed E-state index contributed by atoms with van der Waals surface area (Å²) < 4.78 is 27.8. The number of piperidine rings is 1. The minimum atomic E-state index is -0.814. The molecule has 1 N–H and O–H groups in total. The van der Waals surface area contributed by atoms with E-state index >= 15 is 0 Å². The Kier molecular flexibility index (Phi) is 5.81. The van der Waals surface area contributed by atoms with Gasteiger partial charge in [-0.25, -0.2) is 8.78 Å². The Morgan fingerprint density at radius 2 is 1.87 bits per heavy atom. The number of H-pyrrole nitrogens is 1. The quantitative estimate of drug-likeness (QED) is 0.803. The van der Waals surface area contributed by atoms with Crippen LogP contribution in [0.5, 0.6) is 0 Å². The number of nitrogens with zero attached hydrogens (tertiary/aromatic N) is 3. The number of nitrogens with one attached hydrogen (secondary N) is 1. The average molecular weight is 430 g/mol. The molecule has 0 saturated carbocycles. The molecular weight excluding hydrogens is 402 g/mol.